The van der Waals surface area contributed by atoms with E-state index in [4.69, 9.17) is 4.74 Å². The van der Waals surface area contributed by atoms with Gasteiger partial charge in [-0.1, -0.05) is 0 Å². The molecule has 0 aromatic carbocycles. The Labute approximate surface area is 148 Å². The first-order valence-electron chi connectivity index (χ1n) is 7.33. The van der Waals surface area contributed by atoms with Gasteiger partial charge in [0.15, 0.2) is 5.82 Å². The van der Waals surface area contributed by atoms with Gasteiger partial charge in [0, 0.05) is 17.8 Å². The van der Waals surface area contributed by atoms with Crippen molar-refractivity contribution in [2.45, 2.75) is 32.3 Å². The van der Waals surface area contributed by atoms with E-state index < -0.39 is 41.1 Å². The average Bonchev–Trinajstić information content (AvgIpc) is 2.99. The predicted molar refractivity (Wildman–Crippen MR) is 79.8 cm³/mol. The van der Waals surface area contributed by atoms with E-state index in [-0.39, 0.29) is 6.10 Å². The summed E-state index contributed by atoms with van der Waals surface area (Å²) in [6, 6.07) is 0.817. The Balaban J connectivity index is 2.37. The molecule has 0 unspecified atom stereocenters. The van der Waals surface area contributed by atoms with Gasteiger partial charge < -0.3 is 4.74 Å². The van der Waals surface area contributed by atoms with Gasteiger partial charge in [-0.3, -0.25) is 0 Å². The van der Waals surface area contributed by atoms with E-state index in [1.807, 2.05) is 0 Å². The van der Waals surface area contributed by atoms with Crippen LogP contribution in [-0.2, 0) is 21.9 Å². The highest BCUT2D eigenvalue weighted by molar-refractivity contribution is 5.85. The molecule has 6 nitrogen and oxygen atoms in total. The SMILES string of the molecule is CC(C)OC(=O)/C=C\n1cnc(-c2cc(C(F)(F)F)nc(C(F)(F)F)c2)n1. The maximum Gasteiger partial charge on any atom is 0.433 e. The Morgan fingerprint density at radius 3 is 2.15 bits per heavy atom. The van der Waals surface area contributed by atoms with Crippen molar-refractivity contribution in [1.82, 2.24) is 19.7 Å². The third-order valence-corrected chi connectivity index (χ3v) is 2.89. The number of hydrogen-bond acceptors (Lipinski definition) is 5. The molecule has 0 N–H and O–H groups in total. The number of halogens is 6. The number of hydrogen-bond donors (Lipinski definition) is 0. The Bertz CT molecular complexity index is 822. The minimum Gasteiger partial charge on any atom is -0.460 e. The number of alkyl halides is 6. The van der Waals surface area contributed by atoms with Gasteiger partial charge in [0.1, 0.15) is 17.7 Å². The van der Waals surface area contributed by atoms with Gasteiger partial charge in [-0.25, -0.2) is 19.4 Å². The Morgan fingerprint density at radius 1 is 1.11 bits per heavy atom. The summed E-state index contributed by atoms with van der Waals surface area (Å²) in [6.45, 7) is 3.25. The lowest BCUT2D eigenvalue weighted by Gasteiger charge is -2.11. The fraction of sp³-hybridized carbons (Fsp3) is 0.333. The second kappa shape index (κ2) is 7.37. The largest absolute Gasteiger partial charge is 0.460 e. The molecule has 2 rings (SSSR count). The van der Waals surface area contributed by atoms with Crippen molar-refractivity contribution in [3.63, 3.8) is 0 Å². The lowest BCUT2D eigenvalue weighted by molar-refractivity contribution is -0.150. The van der Waals surface area contributed by atoms with Crippen molar-refractivity contribution in [1.29, 1.82) is 0 Å². The maximum atomic E-state index is 12.8. The van der Waals surface area contributed by atoms with Crippen LogP contribution in [0.15, 0.2) is 24.5 Å². The molecule has 2 aromatic rings. The molecule has 0 spiro atoms. The Kier molecular flexibility index (Phi) is 5.56. The second-order valence-corrected chi connectivity index (χ2v) is 5.47. The van der Waals surface area contributed by atoms with Crippen LogP contribution < -0.4 is 0 Å². The number of carbonyl (C=O) groups excluding carboxylic acids is 1. The van der Waals surface area contributed by atoms with Gasteiger partial charge in [0.2, 0.25) is 0 Å². The van der Waals surface area contributed by atoms with E-state index in [1.54, 1.807) is 13.8 Å². The number of esters is 1. The van der Waals surface area contributed by atoms with Gasteiger partial charge in [-0.2, -0.15) is 26.3 Å². The predicted octanol–water partition coefficient (Wildman–Crippen LogP) is 3.80. The van der Waals surface area contributed by atoms with E-state index in [2.05, 4.69) is 15.1 Å². The molecule has 0 saturated heterocycles. The first kappa shape index (κ1) is 20.4. The van der Waals surface area contributed by atoms with Crippen LogP contribution in [-0.4, -0.2) is 31.8 Å². The summed E-state index contributed by atoms with van der Waals surface area (Å²) < 4.78 is 82.8. The van der Waals surface area contributed by atoms with Crippen molar-refractivity contribution in [3.8, 4) is 11.4 Å². The number of nitrogens with zero attached hydrogens (tertiary/aromatic N) is 4. The van der Waals surface area contributed by atoms with E-state index in [0.717, 1.165) is 23.3 Å². The van der Waals surface area contributed by atoms with Crippen molar-refractivity contribution in [2.75, 3.05) is 0 Å². The minimum atomic E-state index is -5.08. The van der Waals surface area contributed by atoms with Crippen molar-refractivity contribution >= 4 is 12.2 Å². The number of ether oxygens (including phenoxy) is 1. The molecule has 12 heteroatoms. The molecule has 0 fully saturated rings. The summed E-state index contributed by atoms with van der Waals surface area (Å²) in [5, 5.41) is 3.73. The highest BCUT2D eigenvalue weighted by atomic mass is 19.4. The summed E-state index contributed by atoms with van der Waals surface area (Å²) >= 11 is 0. The molecule has 0 aliphatic carbocycles. The van der Waals surface area contributed by atoms with Crippen LogP contribution in [0.5, 0.6) is 0 Å². The summed E-state index contributed by atoms with van der Waals surface area (Å²) in [6.07, 6.45) is -7.45. The highest BCUT2D eigenvalue weighted by Crippen LogP contribution is 2.35. The van der Waals surface area contributed by atoms with Gasteiger partial charge in [0.05, 0.1) is 6.10 Å². The average molecular weight is 394 g/mol. The molecule has 2 heterocycles. The van der Waals surface area contributed by atoms with Crippen LogP contribution >= 0.6 is 0 Å². The molecular weight excluding hydrogens is 382 g/mol. The highest BCUT2D eigenvalue weighted by Gasteiger charge is 2.39. The molecule has 2 aromatic heterocycles. The van der Waals surface area contributed by atoms with Crippen LogP contribution in [0.1, 0.15) is 25.2 Å². The van der Waals surface area contributed by atoms with Crippen molar-refractivity contribution in [2.24, 2.45) is 0 Å². The second-order valence-electron chi connectivity index (χ2n) is 5.47. The fourth-order valence-electron chi connectivity index (χ4n) is 1.84. The van der Waals surface area contributed by atoms with Gasteiger partial charge in [-0.15, -0.1) is 5.10 Å². The number of aromatic nitrogens is 4. The third-order valence-electron chi connectivity index (χ3n) is 2.89. The smallest absolute Gasteiger partial charge is 0.433 e. The molecule has 0 radical (unpaired) electrons. The zero-order chi connectivity index (χ0) is 20.4. The molecule has 0 bridgehead atoms. The molecular formula is C15H12F6N4O2. The molecule has 146 valence electrons. The molecule has 0 aliphatic heterocycles. The van der Waals surface area contributed by atoms with Crippen LogP contribution in [0.2, 0.25) is 0 Å². The van der Waals surface area contributed by atoms with Crippen molar-refractivity contribution < 1.29 is 35.9 Å². The number of rotatable bonds is 4. The normalized spacial score (nSPS) is 12.8. The molecule has 27 heavy (non-hydrogen) atoms. The standard InChI is InChI=1S/C15H12F6N4O2/c1-8(2)27-12(26)3-4-25-7-22-13(24-25)9-5-10(14(16,17)18)23-11(6-9)15(19,20)21/h3-8H,1-2H3/b4-3-. The summed E-state index contributed by atoms with van der Waals surface area (Å²) in [4.78, 5) is 17.7. The summed E-state index contributed by atoms with van der Waals surface area (Å²) in [5.41, 5.74) is -3.97. The van der Waals surface area contributed by atoms with Crippen LogP contribution in [0.3, 0.4) is 0 Å². The molecule has 0 atom stereocenters. The third kappa shape index (κ3) is 5.53. The zero-order valence-electron chi connectivity index (χ0n) is 13.8. The number of carbonyl (C=O) groups is 1. The Hall–Kier alpha value is -2.92. The van der Waals surface area contributed by atoms with E-state index in [1.165, 1.54) is 0 Å². The lowest BCUT2D eigenvalue weighted by atomic mass is 10.1. The first-order chi connectivity index (χ1) is 12.4. The molecule has 0 amide bonds. The summed E-state index contributed by atoms with van der Waals surface area (Å²) in [5.74, 6) is -1.11. The maximum absolute atomic E-state index is 12.8. The minimum absolute atomic E-state index is 0.369. The quantitative estimate of drug-likeness (QED) is 0.448. The zero-order valence-corrected chi connectivity index (χ0v) is 13.8. The molecule has 0 saturated carbocycles. The van der Waals surface area contributed by atoms with E-state index in [0.29, 0.717) is 12.1 Å². The molecule has 0 aliphatic rings. The lowest BCUT2D eigenvalue weighted by Crippen LogP contribution is -2.15. The van der Waals surface area contributed by atoms with Crippen LogP contribution in [0.4, 0.5) is 26.3 Å². The number of pyridine rings is 1. The summed E-state index contributed by atoms with van der Waals surface area (Å²) in [7, 11) is 0. The Morgan fingerprint density at radius 2 is 1.67 bits per heavy atom. The van der Waals surface area contributed by atoms with Crippen LogP contribution in [0.25, 0.3) is 17.6 Å². The van der Waals surface area contributed by atoms with Crippen LogP contribution in [0, 0.1) is 0 Å². The topological polar surface area (TPSA) is 69.9 Å². The van der Waals surface area contributed by atoms with Crippen molar-refractivity contribution in [3.05, 3.63) is 35.9 Å². The fourth-order valence-corrected chi connectivity index (χ4v) is 1.84. The monoisotopic (exact) mass is 394 g/mol. The van der Waals surface area contributed by atoms with Gasteiger partial charge in [-0.05, 0) is 26.0 Å². The first-order valence-corrected chi connectivity index (χ1v) is 7.33. The van der Waals surface area contributed by atoms with Gasteiger partial charge >= 0.3 is 18.3 Å². The van der Waals surface area contributed by atoms with E-state index >= 15 is 0 Å². The van der Waals surface area contributed by atoms with Gasteiger partial charge in [0.25, 0.3) is 0 Å². The van der Waals surface area contributed by atoms with E-state index in [9.17, 15) is 31.1 Å².